The lowest BCUT2D eigenvalue weighted by molar-refractivity contribution is 0.0648. The smallest absolute Gasteiger partial charge is 0.227 e. The van der Waals surface area contributed by atoms with Crippen molar-refractivity contribution in [3.05, 3.63) is 76.6 Å². The Morgan fingerprint density at radius 3 is 2.52 bits per heavy atom. The number of benzene rings is 2. The van der Waals surface area contributed by atoms with Crippen LogP contribution in [0.2, 0.25) is 5.02 Å². The van der Waals surface area contributed by atoms with E-state index in [9.17, 15) is 4.79 Å². The van der Waals surface area contributed by atoms with E-state index >= 15 is 4.39 Å². The number of rotatable bonds is 8. The topological polar surface area (TPSA) is 77.1 Å². The van der Waals surface area contributed by atoms with Crippen molar-refractivity contribution in [1.29, 1.82) is 0 Å². The van der Waals surface area contributed by atoms with Crippen molar-refractivity contribution in [2.75, 3.05) is 80.0 Å². The van der Waals surface area contributed by atoms with Gasteiger partial charge in [0.05, 0.1) is 18.9 Å². The number of ketones is 1. The highest BCUT2D eigenvalue weighted by Crippen LogP contribution is 2.36. The first-order valence-corrected chi connectivity index (χ1v) is 16.1. The van der Waals surface area contributed by atoms with Crippen molar-refractivity contribution in [1.82, 2.24) is 14.9 Å². The predicted molar refractivity (Wildman–Crippen MR) is 185 cm³/mol. The van der Waals surface area contributed by atoms with Crippen LogP contribution >= 0.6 is 11.6 Å². The van der Waals surface area contributed by atoms with Gasteiger partial charge in [-0.25, -0.2) is 9.37 Å². The summed E-state index contributed by atoms with van der Waals surface area (Å²) in [5.74, 6) is 1.67. The van der Waals surface area contributed by atoms with Crippen LogP contribution in [-0.4, -0.2) is 86.3 Å². The van der Waals surface area contributed by atoms with Gasteiger partial charge in [0, 0.05) is 100 Å². The Morgan fingerprint density at radius 1 is 1.09 bits per heavy atom. The molecule has 1 N–H and O–H groups in total. The normalized spacial score (nSPS) is 18.3. The van der Waals surface area contributed by atoms with E-state index in [0.29, 0.717) is 73.7 Å². The van der Waals surface area contributed by atoms with Crippen LogP contribution < -0.4 is 24.8 Å². The predicted octanol–water partition coefficient (Wildman–Crippen LogP) is 6.58. The summed E-state index contributed by atoms with van der Waals surface area (Å²) >= 11 is 6.51. The number of piperazine rings is 1. The van der Waals surface area contributed by atoms with Crippen molar-refractivity contribution in [3.63, 3.8) is 0 Å². The lowest BCUT2D eigenvalue weighted by atomic mass is 9.92. The Hall–Kier alpha value is -4.15. The molecule has 2 saturated heterocycles. The number of methoxy groups -OCH3 is 1. The summed E-state index contributed by atoms with van der Waals surface area (Å²) in [6.07, 6.45) is 4.66. The molecule has 11 heteroatoms. The van der Waals surface area contributed by atoms with Crippen LogP contribution in [-0.2, 0) is 0 Å². The number of allylic oxidation sites excluding steroid dienone is 1. The van der Waals surface area contributed by atoms with Crippen LogP contribution in [0, 0.1) is 0 Å². The van der Waals surface area contributed by atoms with Gasteiger partial charge in [-0.15, -0.1) is 0 Å². The second-order valence-corrected chi connectivity index (χ2v) is 12.8. The van der Waals surface area contributed by atoms with Gasteiger partial charge in [-0.3, -0.25) is 9.69 Å². The zero-order valence-electron chi connectivity index (χ0n) is 26.9. The molecule has 0 radical (unpaired) electrons. The standard InChI is InChI=1S/C35H41ClFN7O2/c1-23-18-26-19-27(6-9-31(26)41(4)24(23)2)39-33-30(36)21-38-34(40-33)44-16-14-42(15-17-44)22-35(37)10-12-43(13-11-35)28-7-8-29(25(3)45)32(20-28)46-5/h6-9,18-21H,2,10-17,22H2,1,3-5H3,(H,38,39,40). The molecule has 0 bridgehead atoms. The minimum Gasteiger partial charge on any atom is -0.496 e. The number of fused-ring (bicyclic) bond motifs is 1. The maximum Gasteiger partial charge on any atom is 0.227 e. The molecule has 3 aromatic rings. The number of carbonyl (C=O) groups excluding carboxylic acids is 1. The van der Waals surface area contributed by atoms with Crippen LogP contribution in [0.4, 0.5) is 33.2 Å². The molecule has 0 atom stereocenters. The average Bonchev–Trinajstić information content (AvgIpc) is 3.05. The first-order valence-electron chi connectivity index (χ1n) is 15.7. The molecule has 4 heterocycles. The first kappa shape index (κ1) is 31.8. The number of likely N-dealkylation sites (N-methyl/N-ethyl adjacent to an activating group) is 1. The SMILES string of the molecule is C=C1C(C)=Cc2cc(Nc3nc(N4CCN(CC5(F)CCN(c6ccc(C(C)=O)c(OC)c6)CC5)CC4)ncc3Cl)ccc2N1C. The Bertz CT molecular complexity index is 1680. The van der Waals surface area contributed by atoms with E-state index in [4.69, 9.17) is 21.3 Å². The maximum atomic E-state index is 16.0. The molecule has 0 unspecified atom stereocenters. The number of aromatic nitrogens is 2. The molecular weight excluding hydrogens is 605 g/mol. The number of ether oxygens (including phenoxy) is 1. The van der Waals surface area contributed by atoms with E-state index in [-0.39, 0.29) is 5.78 Å². The molecule has 3 aliphatic rings. The van der Waals surface area contributed by atoms with Crippen LogP contribution in [0.3, 0.4) is 0 Å². The Balaban J connectivity index is 1.04. The number of anilines is 5. The molecule has 0 aliphatic carbocycles. The summed E-state index contributed by atoms with van der Waals surface area (Å²) in [7, 11) is 3.58. The Kier molecular flexibility index (Phi) is 8.94. The van der Waals surface area contributed by atoms with Crippen molar-refractivity contribution >= 4 is 52.3 Å². The molecular formula is C35H41ClFN7O2. The number of nitrogens with zero attached hydrogens (tertiary/aromatic N) is 6. The molecule has 9 nitrogen and oxygen atoms in total. The van der Waals surface area contributed by atoms with Crippen molar-refractivity contribution in [3.8, 4) is 5.75 Å². The minimum atomic E-state index is -1.25. The van der Waals surface area contributed by atoms with E-state index in [1.54, 1.807) is 19.4 Å². The third-order valence-electron chi connectivity index (χ3n) is 9.37. The van der Waals surface area contributed by atoms with E-state index in [2.05, 4.69) is 61.6 Å². The fraction of sp³-hybridized carbons (Fsp3) is 0.400. The number of Topliss-reactive ketones (excluding diaryl/α,β-unsaturated/α-hetero) is 1. The van der Waals surface area contributed by atoms with Gasteiger partial charge < -0.3 is 24.8 Å². The number of hydrogen-bond acceptors (Lipinski definition) is 9. The summed E-state index contributed by atoms with van der Waals surface area (Å²) in [4.78, 5) is 29.8. The highest BCUT2D eigenvalue weighted by molar-refractivity contribution is 6.32. The van der Waals surface area contributed by atoms with Gasteiger partial charge in [0.2, 0.25) is 5.95 Å². The molecule has 2 aromatic carbocycles. The molecule has 0 saturated carbocycles. The van der Waals surface area contributed by atoms with Gasteiger partial charge in [0.15, 0.2) is 11.6 Å². The molecule has 6 rings (SSSR count). The first-order chi connectivity index (χ1) is 22.0. The van der Waals surface area contributed by atoms with E-state index in [0.717, 1.165) is 47.0 Å². The molecule has 0 amide bonds. The van der Waals surface area contributed by atoms with Gasteiger partial charge >= 0.3 is 0 Å². The fourth-order valence-electron chi connectivity index (χ4n) is 6.51. The van der Waals surface area contributed by atoms with Gasteiger partial charge in [0.25, 0.3) is 0 Å². The molecule has 1 aromatic heterocycles. The molecule has 3 aliphatic heterocycles. The van der Waals surface area contributed by atoms with Crippen molar-refractivity contribution in [2.24, 2.45) is 0 Å². The zero-order valence-corrected chi connectivity index (χ0v) is 27.7. The number of alkyl halides is 1. The van der Waals surface area contributed by atoms with Crippen LogP contribution in [0.15, 0.2) is 60.4 Å². The number of halogens is 2. The molecule has 2 fully saturated rings. The average molecular weight is 646 g/mol. The summed E-state index contributed by atoms with van der Waals surface area (Å²) in [6.45, 7) is 12.2. The van der Waals surface area contributed by atoms with E-state index < -0.39 is 5.67 Å². The highest BCUT2D eigenvalue weighted by atomic mass is 35.5. The third kappa shape index (κ3) is 6.55. The number of carbonyl (C=O) groups is 1. The van der Waals surface area contributed by atoms with Gasteiger partial charge in [-0.2, -0.15) is 4.98 Å². The summed E-state index contributed by atoms with van der Waals surface area (Å²) < 4.78 is 21.5. The van der Waals surface area contributed by atoms with E-state index in [1.165, 1.54) is 6.92 Å². The summed E-state index contributed by atoms with van der Waals surface area (Å²) in [6, 6.07) is 11.7. The summed E-state index contributed by atoms with van der Waals surface area (Å²) in [5, 5.41) is 3.82. The Labute approximate surface area is 275 Å². The molecule has 46 heavy (non-hydrogen) atoms. The quantitative estimate of drug-likeness (QED) is 0.273. The largest absolute Gasteiger partial charge is 0.496 e. The second kappa shape index (κ2) is 12.9. The zero-order chi connectivity index (χ0) is 32.6. The minimum absolute atomic E-state index is 0.0385. The Morgan fingerprint density at radius 2 is 1.83 bits per heavy atom. The van der Waals surface area contributed by atoms with Gasteiger partial charge in [-0.05, 0) is 55.8 Å². The molecule has 0 spiro atoms. The molecule has 242 valence electrons. The summed E-state index contributed by atoms with van der Waals surface area (Å²) in [5.41, 5.74) is 5.43. The van der Waals surface area contributed by atoms with Crippen molar-refractivity contribution < 1.29 is 13.9 Å². The van der Waals surface area contributed by atoms with Gasteiger partial charge in [0.1, 0.15) is 16.4 Å². The third-order valence-corrected chi connectivity index (χ3v) is 9.64. The van der Waals surface area contributed by atoms with Crippen LogP contribution in [0.1, 0.15) is 42.6 Å². The number of nitrogens with one attached hydrogen (secondary N) is 1. The number of piperidine rings is 1. The van der Waals surface area contributed by atoms with Crippen LogP contribution in [0.5, 0.6) is 5.75 Å². The monoisotopic (exact) mass is 645 g/mol. The van der Waals surface area contributed by atoms with Crippen molar-refractivity contribution in [2.45, 2.75) is 32.4 Å². The maximum absolute atomic E-state index is 16.0. The number of hydrogen-bond donors (Lipinski definition) is 1. The highest BCUT2D eigenvalue weighted by Gasteiger charge is 2.37. The second-order valence-electron chi connectivity index (χ2n) is 12.4. The van der Waals surface area contributed by atoms with Gasteiger partial charge in [-0.1, -0.05) is 18.2 Å². The lowest BCUT2D eigenvalue weighted by Crippen LogP contribution is -2.53. The van der Waals surface area contributed by atoms with Crippen LogP contribution in [0.25, 0.3) is 6.08 Å². The van der Waals surface area contributed by atoms with E-state index in [1.807, 2.05) is 25.2 Å². The fourth-order valence-corrected chi connectivity index (χ4v) is 6.65. The lowest BCUT2D eigenvalue weighted by Gasteiger charge is -2.42.